The fraction of sp³-hybridized carbons (Fsp3) is 0.462. The first kappa shape index (κ1) is 15.0. The molecule has 1 aromatic rings. The van der Waals surface area contributed by atoms with Gasteiger partial charge in [-0.2, -0.15) is 0 Å². The molecule has 0 unspecified atom stereocenters. The number of nitrogens with one attached hydrogen (secondary N) is 2. The molecule has 0 bridgehead atoms. The second-order valence-corrected chi connectivity index (χ2v) is 7.53. The molecule has 0 aliphatic heterocycles. The van der Waals surface area contributed by atoms with Gasteiger partial charge < -0.3 is 15.2 Å². The summed E-state index contributed by atoms with van der Waals surface area (Å²) >= 11 is 0. The van der Waals surface area contributed by atoms with Crippen molar-refractivity contribution in [3.8, 4) is 0 Å². The van der Waals surface area contributed by atoms with Crippen LogP contribution in [-0.2, 0) is 0 Å². The Hall–Kier alpha value is -1.04. The highest BCUT2D eigenvalue weighted by atomic mass is 32.3. The monoisotopic (exact) mass is 270 g/mol. The van der Waals surface area contributed by atoms with Crippen LogP contribution in [0.25, 0.3) is 0 Å². The van der Waals surface area contributed by atoms with Crippen LogP contribution in [0.3, 0.4) is 0 Å². The fourth-order valence-corrected chi connectivity index (χ4v) is 2.31. The van der Waals surface area contributed by atoms with E-state index < -0.39 is 10.3 Å². The molecule has 0 spiro atoms. The lowest BCUT2D eigenvalue weighted by atomic mass is 10.2. The standard InChI is InChI=1S/C13H22N2O2S/c1-14-9-4-10-15-13(16)11-5-7-12(8-6-11)18(2,3)17/h5-8,14,17H,4,9-10H2,1-3H3,(H,15,16). The minimum atomic E-state index is -1.71. The van der Waals surface area contributed by atoms with Gasteiger partial charge in [0.1, 0.15) is 0 Å². The minimum Gasteiger partial charge on any atom is -0.352 e. The Morgan fingerprint density at radius 2 is 1.83 bits per heavy atom. The molecular weight excluding hydrogens is 248 g/mol. The maximum Gasteiger partial charge on any atom is 0.251 e. The predicted molar refractivity (Wildman–Crippen MR) is 77.7 cm³/mol. The third-order valence-corrected chi connectivity index (χ3v) is 4.01. The van der Waals surface area contributed by atoms with Gasteiger partial charge in [0.15, 0.2) is 0 Å². The maximum atomic E-state index is 11.8. The van der Waals surface area contributed by atoms with Crippen molar-refractivity contribution in [3.63, 3.8) is 0 Å². The maximum absolute atomic E-state index is 11.8. The van der Waals surface area contributed by atoms with E-state index in [1.807, 2.05) is 19.2 Å². The lowest BCUT2D eigenvalue weighted by molar-refractivity contribution is 0.0953. The summed E-state index contributed by atoms with van der Waals surface area (Å²) in [6, 6.07) is 7.15. The molecule has 18 heavy (non-hydrogen) atoms. The van der Waals surface area contributed by atoms with Gasteiger partial charge in [-0.3, -0.25) is 4.79 Å². The summed E-state index contributed by atoms with van der Waals surface area (Å²) in [5.74, 6) is -0.0663. The van der Waals surface area contributed by atoms with Crippen molar-refractivity contribution in [3.05, 3.63) is 29.8 Å². The van der Waals surface area contributed by atoms with Crippen molar-refractivity contribution in [1.82, 2.24) is 10.6 Å². The molecule has 0 aliphatic carbocycles. The van der Waals surface area contributed by atoms with E-state index in [2.05, 4.69) is 10.6 Å². The van der Waals surface area contributed by atoms with Gasteiger partial charge in [0.2, 0.25) is 0 Å². The van der Waals surface area contributed by atoms with Crippen LogP contribution in [0.1, 0.15) is 16.8 Å². The van der Waals surface area contributed by atoms with Crippen molar-refractivity contribution >= 4 is 16.2 Å². The number of hydrogen-bond acceptors (Lipinski definition) is 3. The lowest BCUT2D eigenvalue weighted by Gasteiger charge is -2.23. The topological polar surface area (TPSA) is 61.4 Å². The third kappa shape index (κ3) is 4.68. The SMILES string of the molecule is CNCCCNC(=O)c1ccc(S(C)(C)O)cc1. The Kier molecular flexibility index (Phi) is 5.65. The number of carbonyl (C=O) groups is 1. The zero-order valence-corrected chi connectivity index (χ0v) is 12.0. The van der Waals surface area contributed by atoms with Gasteiger partial charge in [0.25, 0.3) is 5.91 Å². The van der Waals surface area contributed by atoms with Gasteiger partial charge in [-0.1, -0.05) is 0 Å². The van der Waals surface area contributed by atoms with Gasteiger partial charge >= 0.3 is 0 Å². The summed E-state index contributed by atoms with van der Waals surface area (Å²) < 4.78 is 9.89. The quantitative estimate of drug-likeness (QED) is 0.692. The first-order chi connectivity index (χ1) is 8.45. The molecule has 1 amide bonds. The summed E-state index contributed by atoms with van der Waals surface area (Å²) in [5, 5.41) is 5.89. The molecule has 0 fully saturated rings. The average Bonchev–Trinajstić information content (AvgIpc) is 2.33. The van der Waals surface area contributed by atoms with E-state index in [4.69, 9.17) is 0 Å². The summed E-state index contributed by atoms with van der Waals surface area (Å²) in [6.07, 6.45) is 4.52. The molecule has 0 heterocycles. The summed E-state index contributed by atoms with van der Waals surface area (Å²) in [4.78, 5) is 12.7. The highest BCUT2D eigenvalue weighted by Gasteiger charge is 2.11. The van der Waals surface area contributed by atoms with E-state index in [0.29, 0.717) is 12.1 Å². The molecule has 5 heteroatoms. The summed E-state index contributed by atoms with van der Waals surface area (Å²) in [7, 11) is 0.179. The zero-order chi connectivity index (χ0) is 13.6. The molecule has 3 N–H and O–H groups in total. The van der Waals surface area contributed by atoms with Crippen LogP contribution in [0.5, 0.6) is 0 Å². The van der Waals surface area contributed by atoms with Crippen molar-refractivity contribution in [2.45, 2.75) is 11.3 Å². The largest absolute Gasteiger partial charge is 0.352 e. The van der Waals surface area contributed by atoms with Crippen LogP contribution in [0.15, 0.2) is 29.2 Å². The molecule has 0 saturated heterocycles. The Balaban J connectivity index is 2.54. The molecule has 102 valence electrons. The molecule has 0 atom stereocenters. The zero-order valence-electron chi connectivity index (χ0n) is 11.2. The van der Waals surface area contributed by atoms with Crippen molar-refractivity contribution in [2.24, 2.45) is 0 Å². The average molecular weight is 270 g/mol. The van der Waals surface area contributed by atoms with Crippen molar-refractivity contribution < 1.29 is 9.35 Å². The molecule has 0 saturated carbocycles. The van der Waals surface area contributed by atoms with Gasteiger partial charge in [-0.25, -0.2) is 0 Å². The van der Waals surface area contributed by atoms with E-state index in [-0.39, 0.29) is 5.91 Å². The van der Waals surface area contributed by atoms with E-state index in [1.165, 1.54) is 0 Å². The van der Waals surface area contributed by atoms with Gasteiger partial charge in [0, 0.05) is 17.0 Å². The van der Waals surface area contributed by atoms with E-state index >= 15 is 0 Å². The van der Waals surface area contributed by atoms with E-state index in [0.717, 1.165) is 17.9 Å². The van der Waals surface area contributed by atoms with Crippen LogP contribution < -0.4 is 10.6 Å². The molecule has 0 radical (unpaired) electrons. The highest BCUT2D eigenvalue weighted by Crippen LogP contribution is 2.44. The van der Waals surface area contributed by atoms with Crippen LogP contribution >= 0.6 is 10.3 Å². The normalized spacial score (nSPS) is 12.2. The Labute approximate surface area is 110 Å². The van der Waals surface area contributed by atoms with Gasteiger partial charge in [-0.15, -0.1) is 10.3 Å². The second kappa shape index (κ2) is 6.78. The van der Waals surface area contributed by atoms with Gasteiger partial charge in [-0.05, 0) is 56.8 Å². The van der Waals surface area contributed by atoms with E-state index in [1.54, 1.807) is 24.6 Å². The van der Waals surface area contributed by atoms with Crippen LogP contribution in [0.4, 0.5) is 0 Å². The van der Waals surface area contributed by atoms with Crippen molar-refractivity contribution in [1.29, 1.82) is 0 Å². The Morgan fingerprint density at radius 1 is 1.22 bits per heavy atom. The first-order valence-electron chi connectivity index (χ1n) is 5.94. The Morgan fingerprint density at radius 3 is 2.33 bits per heavy atom. The third-order valence-electron chi connectivity index (χ3n) is 2.58. The summed E-state index contributed by atoms with van der Waals surface area (Å²) in [6.45, 7) is 1.56. The molecule has 1 rings (SSSR count). The minimum absolute atomic E-state index is 0.0663. The number of rotatable bonds is 6. The van der Waals surface area contributed by atoms with Crippen LogP contribution in [0.2, 0.25) is 0 Å². The molecule has 4 nitrogen and oxygen atoms in total. The molecule has 1 aromatic carbocycles. The Bertz CT molecular complexity index is 385. The lowest BCUT2D eigenvalue weighted by Crippen LogP contribution is -2.26. The van der Waals surface area contributed by atoms with Crippen LogP contribution in [-0.4, -0.2) is 43.1 Å². The highest BCUT2D eigenvalue weighted by molar-refractivity contribution is 8.28. The number of benzene rings is 1. The number of carbonyl (C=O) groups excluding carboxylic acids is 1. The smallest absolute Gasteiger partial charge is 0.251 e. The van der Waals surface area contributed by atoms with E-state index in [9.17, 15) is 9.35 Å². The van der Waals surface area contributed by atoms with Crippen molar-refractivity contribution in [2.75, 3.05) is 32.6 Å². The summed E-state index contributed by atoms with van der Waals surface area (Å²) in [5.41, 5.74) is 0.631. The second-order valence-electron chi connectivity index (χ2n) is 4.51. The number of hydrogen-bond donors (Lipinski definition) is 3. The predicted octanol–water partition coefficient (Wildman–Crippen LogP) is 1.92. The van der Waals surface area contributed by atoms with Gasteiger partial charge in [0.05, 0.1) is 0 Å². The fourth-order valence-electron chi connectivity index (χ4n) is 1.51. The molecule has 0 aliphatic rings. The first-order valence-corrected chi connectivity index (χ1v) is 8.34. The van der Waals surface area contributed by atoms with Crippen LogP contribution in [0, 0.1) is 0 Å². The molecular formula is C13H22N2O2S. The molecule has 0 aromatic heterocycles. The number of amides is 1.